The van der Waals surface area contributed by atoms with Gasteiger partial charge in [0.05, 0.1) is 47.6 Å². The zero-order chi connectivity index (χ0) is 28.8. The van der Waals surface area contributed by atoms with Crippen LogP contribution in [-0.2, 0) is 12.8 Å². The predicted octanol–water partition coefficient (Wildman–Crippen LogP) is 4.45. The number of carbonyl (C=O) groups is 1. The molecule has 9 nitrogen and oxygen atoms in total. The number of amides is 1. The Labute approximate surface area is 246 Å². The maximum Gasteiger partial charge on any atom is 0.253 e. The zero-order valence-corrected chi connectivity index (χ0v) is 24.5. The second-order valence-electron chi connectivity index (χ2n) is 10.6. The topological polar surface area (TPSA) is 102 Å². The number of methoxy groups -OCH3 is 1. The number of rotatable bonds is 9. The molecule has 1 aromatic heterocycles. The average Bonchev–Trinajstić information content (AvgIpc) is 3.22. The Hall–Kier alpha value is -3.37. The molecular weight excluding hydrogens is 540 g/mol. The minimum absolute atomic E-state index is 0.183. The van der Waals surface area contributed by atoms with Gasteiger partial charge in [0.25, 0.3) is 5.91 Å². The van der Waals surface area contributed by atoms with E-state index in [0.29, 0.717) is 33.8 Å². The minimum Gasteiger partial charge on any atom is -0.494 e. The summed E-state index contributed by atoms with van der Waals surface area (Å²) in [5, 5.41) is 19.1. The Bertz CT molecular complexity index is 1360. The molecule has 2 aromatic carbocycles. The molecule has 1 amide bonds. The normalized spacial score (nSPS) is 17.8. The van der Waals surface area contributed by atoms with Crippen LogP contribution in [0.3, 0.4) is 0 Å². The summed E-state index contributed by atoms with van der Waals surface area (Å²) in [6.07, 6.45) is 5.82. The number of halogens is 1. The number of para-hydroxylation sites is 1. The van der Waals surface area contributed by atoms with Gasteiger partial charge in [0, 0.05) is 51.9 Å². The quantitative estimate of drug-likeness (QED) is 0.276. The number of aliphatic hydroxyl groups excluding tert-OH is 1. The van der Waals surface area contributed by atoms with Crippen LogP contribution in [0.5, 0.6) is 5.75 Å². The third-order valence-electron chi connectivity index (χ3n) is 8.11. The van der Waals surface area contributed by atoms with E-state index in [-0.39, 0.29) is 12.5 Å². The zero-order valence-electron chi connectivity index (χ0n) is 23.8. The molecule has 0 radical (unpaired) electrons. The van der Waals surface area contributed by atoms with Gasteiger partial charge in [-0.2, -0.15) is 0 Å². The number of β-amino-alcohol motifs (C(OH)–C–C–N with tert-alkyl or cyclic N) is 1. The summed E-state index contributed by atoms with van der Waals surface area (Å²) in [6.45, 7) is 5.10. The molecule has 3 aromatic rings. The Kier molecular flexibility index (Phi) is 9.61. The van der Waals surface area contributed by atoms with Gasteiger partial charge < -0.3 is 25.8 Å². The summed E-state index contributed by atoms with van der Waals surface area (Å²) in [4.78, 5) is 21.8. The standard InChI is InChI=1S/C31H39ClN6O3/c1-33-31(40)24-7-3-4-9-26(24)35-28-19-29(34-20-25(28)32)36-27-11-10-21-18-22(6-5-8-23(21)30(27)41-2)38-14-12-37(13-15-38)16-17-39/h3-4,7,9-11,19-20,22,39H,5-6,8,12-18H2,1-2H3,(H,33,40)(H2,34,35,36). The van der Waals surface area contributed by atoms with Crippen molar-refractivity contribution in [1.29, 1.82) is 0 Å². The van der Waals surface area contributed by atoms with Crippen molar-refractivity contribution in [2.75, 3.05) is 64.1 Å². The maximum absolute atomic E-state index is 12.3. The first kappa shape index (κ1) is 29.1. The van der Waals surface area contributed by atoms with Gasteiger partial charge in [-0.15, -0.1) is 0 Å². The molecular formula is C31H39ClN6O3. The van der Waals surface area contributed by atoms with Gasteiger partial charge in [-0.3, -0.25) is 14.6 Å². The monoisotopic (exact) mass is 578 g/mol. The summed E-state index contributed by atoms with van der Waals surface area (Å²) in [5.41, 5.74) is 5.26. The molecule has 1 aliphatic heterocycles. The number of anilines is 4. The lowest BCUT2D eigenvalue weighted by atomic mass is 9.98. The number of hydrogen-bond donors (Lipinski definition) is 4. The summed E-state index contributed by atoms with van der Waals surface area (Å²) in [7, 11) is 3.33. The van der Waals surface area contributed by atoms with E-state index in [2.05, 4.69) is 42.9 Å². The number of pyridine rings is 1. The van der Waals surface area contributed by atoms with Gasteiger partial charge >= 0.3 is 0 Å². The van der Waals surface area contributed by atoms with E-state index in [0.717, 1.165) is 69.8 Å². The molecule has 1 aliphatic carbocycles. The van der Waals surface area contributed by atoms with Crippen molar-refractivity contribution in [3.05, 3.63) is 70.4 Å². The first-order chi connectivity index (χ1) is 20.0. The third kappa shape index (κ3) is 6.76. The van der Waals surface area contributed by atoms with Crippen LogP contribution in [0, 0.1) is 0 Å². The minimum atomic E-state index is -0.183. The molecule has 0 spiro atoms. The van der Waals surface area contributed by atoms with Crippen molar-refractivity contribution in [3.8, 4) is 5.75 Å². The molecule has 10 heteroatoms. The second kappa shape index (κ2) is 13.5. The molecule has 5 rings (SSSR count). The SMILES string of the molecule is CNC(=O)c1ccccc1Nc1cc(Nc2ccc3c(c2OC)CCCC(N2CCN(CCO)CC2)C3)ncc1Cl. The van der Waals surface area contributed by atoms with Gasteiger partial charge in [-0.05, 0) is 55.0 Å². The molecule has 4 N–H and O–H groups in total. The maximum atomic E-state index is 12.3. The van der Waals surface area contributed by atoms with Crippen LogP contribution in [0.2, 0.25) is 5.02 Å². The molecule has 0 saturated carbocycles. The van der Waals surface area contributed by atoms with E-state index >= 15 is 0 Å². The number of aromatic nitrogens is 1. The van der Waals surface area contributed by atoms with E-state index in [9.17, 15) is 9.90 Å². The number of carbonyl (C=O) groups excluding carboxylic acids is 1. The van der Waals surface area contributed by atoms with Crippen molar-refractivity contribution in [2.24, 2.45) is 0 Å². The first-order valence-corrected chi connectivity index (χ1v) is 14.6. The van der Waals surface area contributed by atoms with Crippen LogP contribution < -0.4 is 20.7 Å². The molecule has 1 atom stereocenters. The molecule has 2 aliphatic rings. The summed E-state index contributed by atoms with van der Waals surface area (Å²) >= 11 is 6.49. The number of fused-ring (bicyclic) bond motifs is 1. The Morgan fingerprint density at radius 2 is 1.90 bits per heavy atom. The molecule has 2 heterocycles. The molecule has 0 bridgehead atoms. The van der Waals surface area contributed by atoms with E-state index < -0.39 is 0 Å². The van der Waals surface area contributed by atoms with Crippen LogP contribution in [0.4, 0.5) is 22.9 Å². The van der Waals surface area contributed by atoms with Gasteiger partial charge in [-0.25, -0.2) is 4.98 Å². The average molecular weight is 579 g/mol. The fourth-order valence-corrected chi connectivity index (χ4v) is 6.10. The molecule has 1 fully saturated rings. The summed E-state index contributed by atoms with van der Waals surface area (Å²) < 4.78 is 5.98. The highest BCUT2D eigenvalue weighted by atomic mass is 35.5. The lowest BCUT2D eigenvalue weighted by Crippen LogP contribution is -2.51. The number of nitrogens with zero attached hydrogens (tertiary/aromatic N) is 3. The highest BCUT2D eigenvalue weighted by Crippen LogP contribution is 2.38. The van der Waals surface area contributed by atoms with Crippen LogP contribution >= 0.6 is 11.6 Å². The number of nitrogens with one attached hydrogen (secondary N) is 3. The van der Waals surface area contributed by atoms with Gasteiger partial charge in [0.15, 0.2) is 0 Å². The number of hydrogen-bond acceptors (Lipinski definition) is 8. The number of benzene rings is 2. The highest BCUT2D eigenvalue weighted by molar-refractivity contribution is 6.33. The third-order valence-corrected chi connectivity index (χ3v) is 8.41. The van der Waals surface area contributed by atoms with Crippen molar-refractivity contribution in [2.45, 2.75) is 31.7 Å². The Morgan fingerprint density at radius 3 is 2.66 bits per heavy atom. The lowest BCUT2D eigenvalue weighted by Gasteiger charge is -2.39. The molecule has 218 valence electrons. The summed E-state index contributed by atoms with van der Waals surface area (Å²) in [6, 6.07) is 13.9. The second-order valence-corrected chi connectivity index (χ2v) is 11.0. The summed E-state index contributed by atoms with van der Waals surface area (Å²) in [5.74, 6) is 1.28. The van der Waals surface area contributed by atoms with Crippen molar-refractivity contribution in [3.63, 3.8) is 0 Å². The van der Waals surface area contributed by atoms with E-state index in [1.165, 1.54) is 11.1 Å². The molecule has 1 saturated heterocycles. The van der Waals surface area contributed by atoms with Crippen LogP contribution in [0.1, 0.15) is 34.3 Å². The van der Waals surface area contributed by atoms with E-state index in [1.807, 2.05) is 24.3 Å². The largest absolute Gasteiger partial charge is 0.494 e. The van der Waals surface area contributed by atoms with Gasteiger partial charge in [-0.1, -0.05) is 29.8 Å². The van der Waals surface area contributed by atoms with Crippen molar-refractivity contribution < 1.29 is 14.6 Å². The van der Waals surface area contributed by atoms with E-state index in [1.54, 1.807) is 26.4 Å². The van der Waals surface area contributed by atoms with Crippen LogP contribution in [-0.4, -0.2) is 85.3 Å². The van der Waals surface area contributed by atoms with Gasteiger partial charge in [0.2, 0.25) is 0 Å². The van der Waals surface area contributed by atoms with Crippen LogP contribution in [0.15, 0.2) is 48.7 Å². The Morgan fingerprint density at radius 1 is 1.10 bits per heavy atom. The van der Waals surface area contributed by atoms with Crippen molar-refractivity contribution >= 4 is 40.4 Å². The first-order valence-electron chi connectivity index (χ1n) is 14.3. The fourth-order valence-electron chi connectivity index (χ4n) is 5.95. The Balaban J connectivity index is 1.34. The van der Waals surface area contributed by atoms with Gasteiger partial charge in [0.1, 0.15) is 11.6 Å². The highest BCUT2D eigenvalue weighted by Gasteiger charge is 2.28. The number of piperazine rings is 1. The smallest absolute Gasteiger partial charge is 0.253 e. The fraction of sp³-hybridized carbons (Fsp3) is 0.419. The molecule has 41 heavy (non-hydrogen) atoms. The molecule has 1 unspecified atom stereocenters. The lowest BCUT2D eigenvalue weighted by molar-refractivity contribution is 0.0805. The predicted molar refractivity (Wildman–Crippen MR) is 164 cm³/mol. The van der Waals surface area contributed by atoms with E-state index in [4.69, 9.17) is 16.3 Å². The number of aliphatic hydroxyl groups is 1. The van der Waals surface area contributed by atoms with Crippen molar-refractivity contribution in [1.82, 2.24) is 20.1 Å². The van der Waals surface area contributed by atoms with Crippen LogP contribution in [0.25, 0.3) is 0 Å². The number of ether oxygens (including phenoxy) is 1.